The maximum Gasteiger partial charge on any atom is 0.322 e. The minimum Gasteiger partial charge on any atom is -0.317 e. The lowest BCUT2D eigenvalue weighted by Gasteiger charge is -2.25. The molecule has 114 valence electrons. The summed E-state index contributed by atoms with van der Waals surface area (Å²) in [7, 11) is 0. The molecule has 1 heterocycles. The van der Waals surface area contributed by atoms with Crippen LogP contribution in [-0.4, -0.2) is 17.5 Å². The highest BCUT2D eigenvalue weighted by molar-refractivity contribution is 5.89. The minimum atomic E-state index is -0.261. The average Bonchev–Trinajstić information content (AvgIpc) is 2.97. The molecule has 4 heteroatoms. The second kappa shape index (κ2) is 6.18. The van der Waals surface area contributed by atoms with Crippen molar-refractivity contribution < 1.29 is 9.18 Å². The SMILES string of the molecule is Cc1cccc(NC(=O)N2CCCC2c2cccc(F)c2)c1. The van der Waals surface area contributed by atoms with Crippen LogP contribution in [0.25, 0.3) is 0 Å². The molecule has 1 N–H and O–H groups in total. The summed E-state index contributed by atoms with van der Waals surface area (Å²) in [6, 6.07) is 14.0. The van der Waals surface area contributed by atoms with Crippen LogP contribution in [0.3, 0.4) is 0 Å². The normalized spacial score (nSPS) is 17.5. The van der Waals surface area contributed by atoms with Crippen molar-refractivity contribution in [1.82, 2.24) is 4.90 Å². The number of anilines is 1. The topological polar surface area (TPSA) is 32.3 Å². The highest BCUT2D eigenvalue weighted by atomic mass is 19.1. The Kier molecular flexibility index (Phi) is 4.09. The van der Waals surface area contributed by atoms with E-state index in [1.165, 1.54) is 12.1 Å². The third kappa shape index (κ3) is 3.11. The smallest absolute Gasteiger partial charge is 0.317 e. The predicted molar refractivity (Wildman–Crippen MR) is 85.3 cm³/mol. The molecule has 1 atom stereocenters. The lowest BCUT2D eigenvalue weighted by Crippen LogP contribution is -2.34. The molecule has 1 fully saturated rings. The summed E-state index contributed by atoms with van der Waals surface area (Å²) in [5.41, 5.74) is 2.74. The van der Waals surface area contributed by atoms with Gasteiger partial charge in [0.15, 0.2) is 0 Å². The number of carbonyl (C=O) groups is 1. The highest BCUT2D eigenvalue weighted by Gasteiger charge is 2.30. The Morgan fingerprint density at radius 2 is 2.05 bits per heavy atom. The molecule has 1 saturated heterocycles. The first-order chi connectivity index (χ1) is 10.6. The Balaban J connectivity index is 1.76. The van der Waals surface area contributed by atoms with Crippen molar-refractivity contribution in [3.8, 4) is 0 Å². The fraction of sp³-hybridized carbons (Fsp3) is 0.278. The van der Waals surface area contributed by atoms with Gasteiger partial charge in [-0.1, -0.05) is 24.3 Å². The molecule has 0 spiro atoms. The first-order valence-corrected chi connectivity index (χ1v) is 7.53. The van der Waals surface area contributed by atoms with E-state index in [9.17, 15) is 9.18 Å². The van der Waals surface area contributed by atoms with E-state index in [4.69, 9.17) is 0 Å². The van der Waals surface area contributed by atoms with E-state index in [-0.39, 0.29) is 17.9 Å². The summed E-state index contributed by atoms with van der Waals surface area (Å²) in [5.74, 6) is -0.261. The van der Waals surface area contributed by atoms with Crippen molar-refractivity contribution >= 4 is 11.7 Å². The molecule has 0 radical (unpaired) electrons. The number of likely N-dealkylation sites (tertiary alicyclic amines) is 1. The minimum absolute atomic E-state index is 0.0551. The third-order valence-electron chi connectivity index (χ3n) is 4.02. The number of hydrogen-bond acceptors (Lipinski definition) is 1. The lowest BCUT2D eigenvalue weighted by atomic mass is 10.0. The molecule has 22 heavy (non-hydrogen) atoms. The lowest BCUT2D eigenvalue weighted by molar-refractivity contribution is 0.207. The van der Waals surface area contributed by atoms with E-state index in [0.29, 0.717) is 6.54 Å². The van der Waals surface area contributed by atoms with E-state index in [1.54, 1.807) is 11.0 Å². The predicted octanol–water partition coefficient (Wildman–Crippen LogP) is 4.50. The van der Waals surface area contributed by atoms with Gasteiger partial charge in [-0.3, -0.25) is 0 Å². The molecule has 1 unspecified atom stereocenters. The molecule has 3 nitrogen and oxygen atoms in total. The van der Waals surface area contributed by atoms with E-state index >= 15 is 0 Å². The van der Waals surface area contributed by atoms with Crippen LogP contribution in [0, 0.1) is 12.7 Å². The zero-order valence-electron chi connectivity index (χ0n) is 12.6. The van der Waals surface area contributed by atoms with Crippen LogP contribution in [0.4, 0.5) is 14.9 Å². The van der Waals surface area contributed by atoms with Crippen molar-refractivity contribution in [3.05, 3.63) is 65.5 Å². The number of nitrogens with zero attached hydrogens (tertiary/aromatic N) is 1. The summed E-state index contributed by atoms with van der Waals surface area (Å²) in [5, 5.41) is 2.93. The molecular formula is C18H19FN2O. The molecule has 2 aromatic rings. The fourth-order valence-corrected chi connectivity index (χ4v) is 2.99. The Morgan fingerprint density at radius 1 is 1.23 bits per heavy atom. The van der Waals surface area contributed by atoms with E-state index in [1.807, 2.05) is 37.3 Å². The van der Waals surface area contributed by atoms with Gasteiger partial charge in [0.1, 0.15) is 5.82 Å². The Bertz CT molecular complexity index is 686. The first kappa shape index (κ1) is 14.6. The van der Waals surface area contributed by atoms with Gasteiger partial charge in [-0.25, -0.2) is 9.18 Å². The summed E-state index contributed by atoms with van der Waals surface area (Å²) in [6.07, 6.45) is 1.80. The number of amides is 2. The van der Waals surface area contributed by atoms with Crippen LogP contribution in [0.2, 0.25) is 0 Å². The van der Waals surface area contributed by atoms with Crippen LogP contribution in [0.15, 0.2) is 48.5 Å². The molecule has 0 saturated carbocycles. The van der Waals surface area contributed by atoms with E-state index in [2.05, 4.69) is 5.32 Å². The van der Waals surface area contributed by atoms with Gasteiger partial charge in [0.2, 0.25) is 0 Å². The summed E-state index contributed by atoms with van der Waals surface area (Å²) >= 11 is 0. The van der Waals surface area contributed by atoms with Gasteiger partial charge < -0.3 is 10.2 Å². The molecule has 1 aliphatic heterocycles. The molecule has 1 aliphatic rings. The molecular weight excluding hydrogens is 279 g/mol. The van der Waals surface area contributed by atoms with Gasteiger partial charge in [0.25, 0.3) is 0 Å². The summed E-state index contributed by atoms with van der Waals surface area (Å²) in [4.78, 5) is 14.3. The van der Waals surface area contributed by atoms with Gasteiger partial charge in [-0.15, -0.1) is 0 Å². The third-order valence-corrected chi connectivity index (χ3v) is 4.02. The maximum absolute atomic E-state index is 13.4. The standard InChI is InChI=1S/C18H19FN2O/c1-13-5-2-8-16(11-13)20-18(22)21-10-4-9-17(21)14-6-3-7-15(19)12-14/h2-3,5-8,11-12,17H,4,9-10H2,1H3,(H,20,22). The molecule has 2 aromatic carbocycles. The number of carbonyl (C=O) groups excluding carboxylic acids is 1. The van der Waals surface area contributed by atoms with Crippen LogP contribution in [0.1, 0.15) is 30.0 Å². The van der Waals surface area contributed by atoms with Gasteiger partial charge in [0.05, 0.1) is 6.04 Å². The average molecular weight is 298 g/mol. The van der Waals surface area contributed by atoms with Crippen molar-refractivity contribution in [2.24, 2.45) is 0 Å². The second-order valence-corrected chi connectivity index (χ2v) is 5.71. The maximum atomic E-state index is 13.4. The van der Waals surface area contributed by atoms with Crippen LogP contribution in [0.5, 0.6) is 0 Å². The largest absolute Gasteiger partial charge is 0.322 e. The van der Waals surface area contributed by atoms with Crippen molar-refractivity contribution in [2.45, 2.75) is 25.8 Å². The Morgan fingerprint density at radius 3 is 2.82 bits per heavy atom. The van der Waals surface area contributed by atoms with Crippen molar-refractivity contribution in [1.29, 1.82) is 0 Å². The van der Waals surface area contributed by atoms with E-state index < -0.39 is 0 Å². The number of hydrogen-bond donors (Lipinski definition) is 1. The summed E-state index contributed by atoms with van der Waals surface area (Å²) < 4.78 is 13.4. The van der Waals surface area contributed by atoms with Crippen LogP contribution >= 0.6 is 0 Å². The first-order valence-electron chi connectivity index (χ1n) is 7.53. The van der Waals surface area contributed by atoms with Gasteiger partial charge >= 0.3 is 6.03 Å². The summed E-state index contributed by atoms with van der Waals surface area (Å²) in [6.45, 7) is 2.68. The van der Waals surface area contributed by atoms with Crippen LogP contribution < -0.4 is 5.32 Å². The second-order valence-electron chi connectivity index (χ2n) is 5.71. The van der Waals surface area contributed by atoms with Gasteiger partial charge in [-0.2, -0.15) is 0 Å². The number of aryl methyl sites for hydroxylation is 1. The van der Waals surface area contributed by atoms with Gasteiger partial charge in [0, 0.05) is 12.2 Å². The fourth-order valence-electron chi connectivity index (χ4n) is 2.99. The molecule has 0 aliphatic carbocycles. The number of halogens is 1. The molecule has 3 rings (SSSR count). The number of urea groups is 1. The number of nitrogens with one attached hydrogen (secondary N) is 1. The van der Waals surface area contributed by atoms with E-state index in [0.717, 1.165) is 29.7 Å². The monoisotopic (exact) mass is 298 g/mol. The quantitative estimate of drug-likeness (QED) is 0.869. The van der Waals surface area contributed by atoms with Crippen molar-refractivity contribution in [2.75, 3.05) is 11.9 Å². The molecule has 0 bridgehead atoms. The molecule has 2 amide bonds. The zero-order valence-corrected chi connectivity index (χ0v) is 12.6. The van der Waals surface area contributed by atoms with Crippen molar-refractivity contribution in [3.63, 3.8) is 0 Å². The zero-order chi connectivity index (χ0) is 15.5. The highest BCUT2D eigenvalue weighted by Crippen LogP contribution is 2.32. The Hall–Kier alpha value is -2.36. The Labute approximate surface area is 129 Å². The number of benzene rings is 2. The number of rotatable bonds is 2. The molecule has 0 aromatic heterocycles. The van der Waals surface area contributed by atoms with Crippen LogP contribution in [-0.2, 0) is 0 Å². The van der Waals surface area contributed by atoms with Gasteiger partial charge in [-0.05, 0) is 55.2 Å².